The molecule has 5 heterocycles. The predicted octanol–water partition coefficient (Wildman–Crippen LogP) is 4.41. The van der Waals surface area contributed by atoms with Gasteiger partial charge in [0.2, 0.25) is 5.91 Å². The fraction of sp³-hybridized carbons (Fsp3) is 0.400. The minimum Gasteiger partial charge on any atom is -0.496 e. The zero-order chi connectivity index (χ0) is 31.0. The van der Waals surface area contributed by atoms with Gasteiger partial charge in [0, 0.05) is 112 Å². The van der Waals surface area contributed by atoms with Crippen molar-refractivity contribution in [1.29, 1.82) is 0 Å². The summed E-state index contributed by atoms with van der Waals surface area (Å²) in [6.07, 6.45) is 7.85. The average molecular weight is 608 g/mol. The number of carbonyl (C=O) groups is 2. The van der Waals surface area contributed by atoms with Gasteiger partial charge in [-0.3, -0.25) is 19.6 Å². The molecule has 2 amide bonds. The van der Waals surface area contributed by atoms with Gasteiger partial charge in [-0.25, -0.2) is 0 Å². The van der Waals surface area contributed by atoms with Gasteiger partial charge in [0.15, 0.2) is 0 Å². The normalized spacial score (nSPS) is 18.6. The van der Waals surface area contributed by atoms with E-state index in [4.69, 9.17) is 4.74 Å². The Morgan fingerprint density at radius 3 is 2.33 bits per heavy atom. The van der Waals surface area contributed by atoms with Crippen LogP contribution in [0.25, 0.3) is 11.1 Å². The molecule has 2 aromatic carbocycles. The van der Waals surface area contributed by atoms with Gasteiger partial charge in [-0.05, 0) is 67.8 Å². The Balaban J connectivity index is 0.937. The number of amides is 2. The molecule has 10 nitrogen and oxygen atoms in total. The Bertz CT molecular complexity index is 1650. The number of anilines is 2. The highest BCUT2D eigenvalue weighted by Crippen LogP contribution is 2.44. The summed E-state index contributed by atoms with van der Waals surface area (Å²) in [7, 11) is 3.74. The van der Waals surface area contributed by atoms with Crippen molar-refractivity contribution in [2.45, 2.75) is 25.8 Å². The Hall–Kier alpha value is -4.57. The summed E-state index contributed by atoms with van der Waals surface area (Å²) in [6, 6.07) is 18.3. The zero-order valence-electron chi connectivity index (χ0n) is 26.1. The molecule has 4 aromatic rings. The first-order chi connectivity index (χ1) is 21.9. The number of benzene rings is 2. The molecule has 0 bridgehead atoms. The van der Waals surface area contributed by atoms with Gasteiger partial charge in [0.05, 0.1) is 18.7 Å². The van der Waals surface area contributed by atoms with Crippen LogP contribution in [0.5, 0.6) is 5.75 Å². The summed E-state index contributed by atoms with van der Waals surface area (Å²) < 4.78 is 7.85. The number of aromatic nitrogens is 3. The third kappa shape index (κ3) is 5.59. The largest absolute Gasteiger partial charge is 0.496 e. The first-order valence-corrected chi connectivity index (χ1v) is 15.9. The van der Waals surface area contributed by atoms with Crippen LogP contribution >= 0.6 is 0 Å². The number of hydrogen-bond acceptors (Lipinski definition) is 6. The number of methoxy groups -OCH3 is 1. The maximum atomic E-state index is 13.8. The van der Waals surface area contributed by atoms with Crippen molar-refractivity contribution in [3.8, 4) is 16.9 Å². The van der Waals surface area contributed by atoms with Crippen LogP contribution in [0, 0.1) is 5.41 Å². The molecular formula is C35H41N7O3. The van der Waals surface area contributed by atoms with Crippen LogP contribution < -0.4 is 14.5 Å². The van der Waals surface area contributed by atoms with E-state index in [1.54, 1.807) is 13.3 Å². The summed E-state index contributed by atoms with van der Waals surface area (Å²) in [5.41, 5.74) is 5.50. The van der Waals surface area contributed by atoms with E-state index in [0.29, 0.717) is 43.8 Å². The lowest BCUT2D eigenvalue weighted by Gasteiger charge is -2.38. The van der Waals surface area contributed by atoms with E-state index < -0.39 is 5.41 Å². The van der Waals surface area contributed by atoms with E-state index in [2.05, 4.69) is 62.1 Å². The number of H-pyrrole nitrogens is 1. The minimum atomic E-state index is -0.417. The third-order valence-electron chi connectivity index (χ3n) is 10.1. The second kappa shape index (κ2) is 12.1. The zero-order valence-corrected chi connectivity index (χ0v) is 26.1. The number of ether oxygens (including phenoxy) is 1. The lowest BCUT2D eigenvalue weighted by Crippen LogP contribution is -2.47. The molecule has 2 aromatic heterocycles. The molecule has 0 aliphatic carbocycles. The van der Waals surface area contributed by atoms with Crippen molar-refractivity contribution in [3.63, 3.8) is 0 Å². The van der Waals surface area contributed by atoms with Crippen molar-refractivity contribution in [2.75, 3.05) is 62.7 Å². The van der Waals surface area contributed by atoms with E-state index in [-0.39, 0.29) is 11.8 Å². The maximum absolute atomic E-state index is 13.8. The number of likely N-dealkylation sites (tertiary alicyclic amines) is 1. The van der Waals surface area contributed by atoms with Crippen molar-refractivity contribution < 1.29 is 14.3 Å². The van der Waals surface area contributed by atoms with Crippen molar-refractivity contribution in [1.82, 2.24) is 24.6 Å². The summed E-state index contributed by atoms with van der Waals surface area (Å²) in [5.74, 6) is 0.908. The van der Waals surface area contributed by atoms with Crippen LogP contribution in [0.4, 0.5) is 11.4 Å². The van der Waals surface area contributed by atoms with Crippen LogP contribution in [0.3, 0.4) is 0 Å². The Morgan fingerprint density at radius 2 is 1.67 bits per heavy atom. The van der Waals surface area contributed by atoms with E-state index in [0.717, 1.165) is 61.6 Å². The summed E-state index contributed by atoms with van der Waals surface area (Å²) in [5, 5.41) is 6.88. The Kier molecular flexibility index (Phi) is 7.83. The lowest BCUT2D eigenvalue weighted by molar-refractivity contribution is -0.127. The standard InChI is InChI=1S/C35H41N7O3/c1-38-14-3-4-30(38)25-39-18-20-40(21-19-39)28-7-5-26(6-8-28)33(43)41-15-11-35(12-16-41)13-17-42(34(35)44)29-9-10-31(32(22-29)45-2)27-23-36-37-24-27/h3-10,14,22-24H,11-13,15-21,25H2,1-2H3,(H,36,37). The number of aryl methyl sites for hydroxylation is 1. The second-order valence-corrected chi connectivity index (χ2v) is 12.6. The summed E-state index contributed by atoms with van der Waals surface area (Å²) in [4.78, 5) is 36.0. The monoisotopic (exact) mass is 607 g/mol. The number of aromatic amines is 1. The van der Waals surface area contributed by atoms with Gasteiger partial charge < -0.3 is 24.0 Å². The van der Waals surface area contributed by atoms with E-state index >= 15 is 0 Å². The van der Waals surface area contributed by atoms with Gasteiger partial charge >= 0.3 is 0 Å². The van der Waals surface area contributed by atoms with Crippen LogP contribution in [-0.4, -0.2) is 89.3 Å². The number of piperidine rings is 1. The third-order valence-corrected chi connectivity index (χ3v) is 10.1. The van der Waals surface area contributed by atoms with Gasteiger partial charge in [-0.15, -0.1) is 0 Å². The highest BCUT2D eigenvalue weighted by atomic mass is 16.5. The fourth-order valence-electron chi connectivity index (χ4n) is 7.20. The fourth-order valence-corrected chi connectivity index (χ4v) is 7.20. The van der Waals surface area contributed by atoms with Crippen LogP contribution in [0.15, 0.2) is 73.2 Å². The Morgan fingerprint density at radius 1 is 0.933 bits per heavy atom. The molecule has 234 valence electrons. The van der Waals surface area contributed by atoms with Crippen LogP contribution in [0.2, 0.25) is 0 Å². The molecule has 45 heavy (non-hydrogen) atoms. The first-order valence-electron chi connectivity index (χ1n) is 15.9. The van der Waals surface area contributed by atoms with Crippen LogP contribution in [-0.2, 0) is 18.4 Å². The molecule has 7 rings (SSSR count). The molecule has 0 saturated carbocycles. The highest BCUT2D eigenvalue weighted by Gasteiger charge is 2.49. The molecular weight excluding hydrogens is 566 g/mol. The van der Waals surface area contributed by atoms with Gasteiger partial charge in [0.1, 0.15) is 5.75 Å². The smallest absolute Gasteiger partial charge is 0.253 e. The molecule has 3 fully saturated rings. The second-order valence-electron chi connectivity index (χ2n) is 12.6. The summed E-state index contributed by atoms with van der Waals surface area (Å²) in [6.45, 7) is 6.79. The van der Waals surface area contributed by atoms with Crippen molar-refractivity contribution >= 4 is 23.2 Å². The average Bonchev–Trinajstić information content (AvgIpc) is 3.83. The van der Waals surface area contributed by atoms with Crippen molar-refractivity contribution in [3.05, 3.63) is 84.4 Å². The van der Waals surface area contributed by atoms with E-state index in [1.165, 1.54) is 5.69 Å². The predicted molar refractivity (Wildman–Crippen MR) is 174 cm³/mol. The molecule has 10 heteroatoms. The topological polar surface area (TPSA) is 89.9 Å². The van der Waals surface area contributed by atoms with Gasteiger partial charge in [0.25, 0.3) is 5.91 Å². The number of hydrogen-bond donors (Lipinski definition) is 1. The number of carbonyl (C=O) groups excluding carboxylic acids is 2. The van der Waals surface area contributed by atoms with Crippen molar-refractivity contribution in [2.24, 2.45) is 12.5 Å². The highest BCUT2D eigenvalue weighted by molar-refractivity contribution is 6.01. The maximum Gasteiger partial charge on any atom is 0.253 e. The molecule has 0 atom stereocenters. The first kappa shape index (κ1) is 29.2. The number of piperazine rings is 1. The SMILES string of the molecule is COc1cc(N2CCC3(CCN(C(=O)c4ccc(N5CCN(Cc6cccn6C)CC5)cc4)CC3)C2=O)ccc1-c1cn[nH]c1. The molecule has 3 saturated heterocycles. The molecule has 3 aliphatic rings. The molecule has 3 aliphatic heterocycles. The molecule has 1 spiro atoms. The van der Waals surface area contributed by atoms with Crippen LogP contribution in [0.1, 0.15) is 35.3 Å². The lowest BCUT2D eigenvalue weighted by atomic mass is 9.77. The number of nitrogens with one attached hydrogen (secondary N) is 1. The van der Waals surface area contributed by atoms with Gasteiger partial charge in [-0.2, -0.15) is 5.10 Å². The number of rotatable bonds is 7. The van der Waals surface area contributed by atoms with Gasteiger partial charge in [-0.1, -0.05) is 0 Å². The minimum absolute atomic E-state index is 0.0469. The molecule has 0 unspecified atom stereocenters. The summed E-state index contributed by atoms with van der Waals surface area (Å²) >= 11 is 0. The van der Waals surface area contributed by atoms with E-state index in [1.807, 2.05) is 46.3 Å². The quantitative estimate of drug-likeness (QED) is 0.335. The molecule has 0 radical (unpaired) electrons. The Labute approximate surface area is 264 Å². The molecule has 1 N–H and O–H groups in total. The number of nitrogens with zero attached hydrogens (tertiary/aromatic N) is 6. The van der Waals surface area contributed by atoms with E-state index in [9.17, 15) is 9.59 Å².